The predicted octanol–water partition coefficient (Wildman–Crippen LogP) is 2.28. The Balaban J connectivity index is 1.48. The Bertz CT molecular complexity index is 1330. The van der Waals surface area contributed by atoms with Gasteiger partial charge in [-0.05, 0) is 12.8 Å². The number of aromatic nitrogens is 6. The maximum absolute atomic E-state index is 9.85. The van der Waals surface area contributed by atoms with Crippen molar-refractivity contribution in [3.8, 4) is 22.9 Å². The largest absolute Gasteiger partial charge is 0.493 e. The Hall–Kier alpha value is -4.06. The zero-order valence-electron chi connectivity index (χ0n) is 20.1. The molecule has 1 aliphatic rings. The van der Waals surface area contributed by atoms with Gasteiger partial charge in [-0.3, -0.25) is 0 Å². The third-order valence-electron chi connectivity index (χ3n) is 6.18. The van der Waals surface area contributed by atoms with Gasteiger partial charge in [0, 0.05) is 25.7 Å². The normalized spacial score (nSPS) is 15.6. The molecule has 0 radical (unpaired) electrons. The molecule has 3 aromatic heterocycles. The first kappa shape index (κ1) is 22.7. The third kappa shape index (κ3) is 4.05. The minimum Gasteiger partial charge on any atom is -0.493 e. The average Bonchev–Trinajstić information content (AvgIpc) is 3.63. The number of nitrogens with zero attached hydrogens (tertiary/aromatic N) is 7. The molecule has 1 saturated heterocycles. The van der Waals surface area contributed by atoms with Crippen molar-refractivity contribution in [2.24, 2.45) is 7.05 Å². The summed E-state index contributed by atoms with van der Waals surface area (Å²) in [6.07, 6.45) is 7.12. The topological polar surface area (TPSA) is 125 Å². The highest BCUT2D eigenvalue weighted by molar-refractivity contribution is 5.85. The Morgan fingerprint density at radius 3 is 2.51 bits per heavy atom. The summed E-state index contributed by atoms with van der Waals surface area (Å²) in [6.45, 7) is 0.892. The van der Waals surface area contributed by atoms with Crippen LogP contribution < -0.4 is 24.4 Å². The lowest BCUT2D eigenvalue weighted by molar-refractivity contribution is 0.266. The maximum Gasteiger partial charge on any atom is 0.232 e. The van der Waals surface area contributed by atoms with E-state index in [1.54, 1.807) is 34.0 Å². The Morgan fingerprint density at radius 2 is 1.83 bits per heavy atom. The van der Waals surface area contributed by atoms with Gasteiger partial charge in [0.1, 0.15) is 11.8 Å². The maximum atomic E-state index is 9.85. The van der Waals surface area contributed by atoms with Crippen LogP contribution >= 0.6 is 0 Å². The lowest BCUT2D eigenvalue weighted by Gasteiger charge is -2.25. The van der Waals surface area contributed by atoms with Crippen molar-refractivity contribution in [2.45, 2.75) is 18.9 Å². The molecule has 5 rings (SSSR count). The van der Waals surface area contributed by atoms with Crippen LogP contribution in [-0.4, -0.2) is 74.7 Å². The highest BCUT2D eigenvalue weighted by atomic mass is 16.5. The molecule has 0 saturated carbocycles. The van der Waals surface area contributed by atoms with Gasteiger partial charge in [0.15, 0.2) is 28.8 Å². The quantitative estimate of drug-likeness (QED) is 0.388. The Labute approximate surface area is 202 Å². The molecule has 4 heterocycles. The van der Waals surface area contributed by atoms with E-state index in [0.717, 1.165) is 36.4 Å². The molecule has 12 heteroatoms. The van der Waals surface area contributed by atoms with E-state index in [9.17, 15) is 5.11 Å². The SMILES string of the molecule is COc1cc(-n2cnc(Nc3nc(N4CCCC4CO)c4c(ncn4C)n3)c2)cc(OC)c1OC. The van der Waals surface area contributed by atoms with Gasteiger partial charge in [-0.25, -0.2) is 9.97 Å². The zero-order chi connectivity index (χ0) is 24.5. The van der Waals surface area contributed by atoms with Gasteiger partial charge in [-0.15, -0.1) is 0 Å². The van der Waals surface area contributed by atoms with Crippen molar-refractivity contribution in [1.29, 1.82) is 0 Å². The van der Waals surface area contributed by atoms with E-state index >= 15 is 0 Å². The fraction of sp³-hybridized carbons (Fsp3) is 0.391. The van der Waals surface area contributed by atoms with Gasteiger partial charge >= 0.3 is 0 Å². The van der Waals surface area contributed by atoms with Gasteiger partial charge < -0.3 is 38.7 Å². The van der Waals surface area contributed by atoms with E-state index in [1.807, 2.05) is 34.5 Å². The van der Waals surface area contributed by atoms with Crippen LogP contribution in [0.5, 0.6) is 17.2 Å². The monoisotopic (exact) mass is 480 g/mol. The summed E-state index contributed by atoms with van der Waals surface area (Å²) in [6, 6.07) is 3.70. The number of ether oxygens (including phenoxy) is 3. The molecule has 4 aromatic rings. The molecule has 0 spiro atoms. The summed E-state index contributed by atoms with van der Waals surface area (Å²) in [5.41, 5.74) is 2.19. The zero-order valence-corrected chi connectivity index (χ0v) is 20.1. The number of aryl methyl sites for hydroxylation is 1. The molecule has 1 fully saturated rings. The summed E-state index contributed by atoms with van der Waals surface area (Å²) in [5.74, 6) is 3.29. The molecular weight excluding hydrogens is 452 g/mol. The van der Waals surface area contributed by atoms with E-state index in [-0.39, 0.29) is 12.6 Å². The molecule has 35 heavy (non-hydrogen) atoms. The minimum absolute atomic E-state index is 0.0232. The molecule has 184 valence electrons. The van der Waals surface area contributed by atoms with E-state index in [1.165, 1.54) is 0 Å². The van der Waals surface area contributed by atoms with E-state index in [2.05, 4.69) is 25.2 Å². The number of anilines is 3. The second-order valence-electron chi connectivity index (χ2n) is 8.25. The first-order valence-corrected chi connectivity index (χ1v) is 11.2. The van der Waals surface area contributed by atoms with Gasteiger partial charge in [-0.2, -0.15) is 9.97 Å². The molecule has 0 aliphatic carbocycles. The van der Waals surface area contributed by atoms with Gasteiger partial charge in [0.2, 0.25) is 11.7 Å². The fourth-order valence-electron chi connectivity index (χ4n) is 4.46. The lowest BCUT2D eigenvalue weighted by atomic mass is 10.2. The van der Waals surface area contributed by atoms with Crippen LogP contribution in [0.15, 0.2) is 31.0 Å². The molecular formula is C23H28N8O4. The van der Waals surface area contributed by atoms with Gasteiger partial charge in [0.25, 0.3) is 0 Å². The number of aliphatic hydroxyl groups is 1. The number of hydrogen-bond donors (Lipinski definition) is 2. The van der Waals surface area contributed by atoms with Crippen LogP contribution in [0.2, 0.25) is 0 Å². The van der Waals surface area contributed by atoms with Crippen LogP contribution in [0, 0.1) is 0 Å². The standard InChI is InChI=1S/C23H28N8O4/c1-29-12-25-21-19(29)22(31-7-5-6-14(31)11-32)28-23(27-21)26-18-10-30(13-24-18)15-8-16(33-2)20(35-4)17(9-15)34-3/h8-10,12-14,32H,5-7,11H2,1-4H3,(H,26,27,28). The summed E-state index contributed by atoms with van der Waals surface area (Å²) in [5, 5.41) is 13.0. The Morgan fingerprint density at radius 1 is 1.06 bits per heavy atom. The summed E-state index contributed by atoms with van der Waals surface area (Å²) in [4.78, 5) is 20.4. The van der Waals surface area contributed by atoms with Crippen LogP contribution in [0.1, 0.15) is 12.8 Å². The molecule has 1 aromatic carbocycles. The molecule has 0 bridgehead atoms. The number of benzene rings is 1. The molecule has 2 N–H and O–H groups in total. The van der Waals surface area contributed by atoms with E-state index < -0.39 is 0 Å². The second kappa shape index (κ2) is 9.29. The number of imidazole rings is 2. The van der Waals surface area contributed by atoms with E-state index in [0.29, 0.717) is 34.7 Å². The number of hydrogen-bond acceptors (Lipinski definition) is 10. The number of methoxy groups -OCH3 is 3. The first-order chi connectivity index (χ1) is 17.1. The van der Waals surface area contributed by atoms with E-state index in [4.69, 9.17) is 19.2 Å². The van der Waals surface area contributed by atoms with Crippen molar-refractivity contribution in [1.82, 2.24) is 29.1 Å². The van der Waals surface area contributed by atoms with Gasteiger partial charge in [-0.1, -0.05) is 0 Å². The van der Waals surface area contributed by atoms with Crippen molar-refractivity contribution in [3.63, 3.8) is 0 Å². The fourth-order valence-corrected chi connectivity index (χ4v) is 4.46. The molecule has 1 unspecified atom stereocenters. The molecule has 1 atom stereocenters. The van der Waals surface area contributed by atoms with Crippen molar-refractivity contribution in [3.05, 3.63) is 31.0 Å². The van der Waals surface area contributed by atoms with Crippen LogP contribution in [0.3, 0.4) is 0 Å². The number of rotatable bonds is 8. The average molecular weight is 481 g/mol. The van der Waals surface area contributed by atoms with Crippen molar-refractivity contribution >= 4 is 28.7 Å². The summed E-state index contributed by atoms with van der Waals surface area (Å²) >= 11 is 0. The minimum atomic E-state index is 0.0232. The van der Waals surface area contributed by atoms with Crippen molar-refractivity contribution < 1.29 is 19.3 Å². The van der Waals surface area contributed by atoms with Gasteiger partial charge in [0.05, 0.1) is 52.2 Å². The molecule has 0 amide bonds. The van der Waals surface area contributed by atoms with Crippen LogP contribution in [-0.2, 0) is 7.05 Å². The van der Waals surface area contributed by atoms with Crippen LogP contribution in [0.25, 0.3) is 16.9 Å². The van der Waals surface area contributed by atoms with Crippen LogP contribution in [0.4, 0.5) is 17.6 Å². The summed E-state index contributed by atoms with van der Waals surface area (Å²) < 4.78 is 20.1. The number of nitrogens with one attached hydrogen (secondary N) is 1. The number of aliphatic hydroxyl groups excluding tert-OH is 1. The van der Waals surface area contributed by atoms with Crippen molar-refractivity contribution in [2.75, 3.05) is 44.7 Å². The molecule has 12 nitrogen and oxygen atoms in total. The Kier molecular flexibility index (Phi) is 6.03. The highest BCUT2D eigenvalue weighted by Gasteiger charge is 2.28. The second-order valence-corrected chi connectivity index (χ2v) is 8.25. The molecule has 1 aliphatic heterocycles. The third-order valence-corrected chi connectivity index (χ3v) is 6.18. The summed E-state index contributed by atoms with van der Waals surface area (Å²) in [7, 11) is 6.63. The smallest absolute Gasteiger partial charge is 0.232 e. The lowest BCUT2D eigenvalue weighted by Crippen LogP contribution is -2.33. The highest BCUT2D eigenvalue weighted by Crippen LogP contribution is 2.39. The first-order valence-electron chi connectivity index (χ1n) is 11.2. The number of fused-ring (bicyclic) bond motifs is 1. The predicted molar refractivity (Wildman–Crippen MR) is 130 cm³/mol.